The Hall–Kier alpha value is -3.30. The molecule has 0 bridgehead atoms. The van der Waals surface area contributed by atoms with E-state index in [1.54, 1.807) is 19.1 Å². The molecule has 0 aliphatic carbocycles. The Morgan fingerprint density at radius 2 is 1.84 bits per heavy atom. The summed E-state index contributed by atoms with van der Waals surface area (Å²) in [6.45, 7) is 9.60. The van der Waals surface area contributed by atoms with Crippen LogP contribution in [0.3, 0.4) is 0 Å². The summed E-state index contributed by atoms with van der Waals surface area (Å²) in [6.07, 6.45) is 0.505. The second kappa shape index (κ2) is 12.5. The lowest BCUT2D eigenvalue weighted by atomic mass is 9.96. The van der Waals surface area contributed by atoms with Gasteiger partial charge in [0.05, 0.1) is 11.9 Å². The van der Waals surface area contributed by atoms with Gasteiger partial charge < -0.3 is 25.7 Å². The van der Waals surface area contributed by atoms with Gasteiger partial charge >= 0.3 is 0 Å². The van der Waals surface area contributed by atoms with E-state index >= 15 is 0 Å². The van der Waals surface area contributed by atoms with E-state index in [0.29, 0.717) is 12.1 Å². The molecule has 0 aromatic heterocycles. The third kappa shape index (κ3) is 6.76. The number of carbonyl (C=O) groups is 3. The maximum Gasteiger partial charge on any atom is 0.254 e. The zero-order valence-corrected chi connectivity index (χ0v) is 23.3. The average molecular weight is 540 g/mol. The molecule has 204 valence electrons. The molecule has 3 rings (SSSR count). The first kappa shape index (κ1) is 29.3. The normalized spacial score (nSPS) is 18.5. The fourth-order valence-corrected chi connectivity index (χ4v) is 5.55. The molecule has 9 heteroatoms. The van der Waals surface area contributed by atoms with Crippen LogP contribution in [0.5, 0.6) is 5.75 Å². The minimum atomic E-state index is -1.60. The van der Waals surface area contributed by atoms with Crippen LogP contribution in [0.25, 0.3) is 0 Å². The van der Waals surface area contributed by atoms with Crippen molar-refractivity contribution in [1.29, 1.82) is 0 Å². The summed E-state index contributed by atoms with van der Waals surface area (Å²) >= 11 is 1.46. The van der Waals surface area contributed by atoms with Gasteiger partial charge in [-0.3, -0.25) is 14.4 Å². The van der Waals surface area contributed by atoms with Crippen LogP contribution in [0, 0.1) is 6.92 Å². The summed E-state index contributed by atoms with van der Waals surface area (Å²) in [5.41, 5.74) is 2.46. The van der Waals surface area contributed by atoms with Gasteiger partial charge in [0.2, 0.25) is 5.91 Å². The van der Waals surface area contributed by atoms with Gasteiger partial charge in [-0.25, -0.2) is 0 Å². The number of phenolic OH excluding ortho intramolecular Hbond substituents is 1. The predicted octanol–water partition coefficient (Wildman–Crippen LogP) is 3.17. The van der Waals surface area contributed by atoms with Gasteiger partial charge in [0.1, 0.15) is 11.8 Å². The zero-order chi connectivity index (χ0) is 28.0. The van der Waals surface area contributed by atoms with Crippen LogP contribution in [0.1, 0.15) is 49.2 Å². The Morgan fingerprint density at radius 3 is 2.50 bits per heavy atom. The first-order valence-electron chi connectivity index (χ1n) is 12.6. The number of rotatable bonds is 9. The van der Waals surface area contributed by atoms with E-state index in [0.717, 1.165) is 11.1 Å². The minimum Gasteiger partial charge on any atom is -0.508 e. The summed E-state index contributed by atoms with van der Waals surface area (Å²) in [6, 6.07) is 12.1. The van der Waals surface area contributed by atoms with Gasteiger partial charge in [0.15, 0.2) is 6.10 Å². The van der Waals surface area contributed by atoms with Crippen LogP contribution in [-0.2, 0) is 16.0 Å². The highest BCUT2D eigenvalue weighted by Gasteiger charge is 2.49. The number of nitrogens with one attached hydrogen (secondary N) is 2. The van der Waals surface area contributed by atoms with Crippen LogP contribution >= 0.6 is 11.8 Å². The third-order valence-corrected chi connectivity index (χ3v) is 8.28. The van der Waals surface area contributed by atoms with Crippen LogP contribution in [0.2, 0.25) is 0 Å². The lowest BCUT2D eigenvalue weighted by Gasteiger charge is -2.33. The first-order valence-corrected chi connectivity index (χ1v) is 13.6. The molecule has 0 saturated carbocycles. The van der Waals surface area contributed by atoms with Crippen molar-refractivity contribution in [1.82, 2.24) is 15.5 Å². The van der Waals surface area contributed by atoms with Gasteiger partial charge in [-0.05, 0) is 58.7 Å². The highest BCUT2D eigenvalue weighted by atomic mass is 32.2. The number of aliphatic hydroxyl groups excluding tert-OH is 1. The highest BCUT2D eigenvalue weighted by Crippen LogP contribution is 2.40. The van der Waals surface area contributed by atoms with Gasteiger partial charge in [-0.2, -0.15) is 0 Å². The van der Waals surface area contributed by atoms with E-state index in [1.807, 2.05) is 64.1 Å². The molecule has 2 aromatic carbocycles. The fraction of sp³-hybridized carbons (Fsp3) is 0.414. The molecule has 1 fully saturated rings. The summed E-state index contributed by atoms with van der Waals surface area (Å²) in [5.74, 6) is -1.22. The standard InChI is InChI=1S/C29H37N3O5S/c1-6-18(2)16-30-27(36)25-29(4,5)38-17-32(25)28(37)24(34)22(15-20-11-8-7-9-12-20)31-26(35)21-13-10-14-23(33)19(21)3/h6-14,22,24-25,33-34H,15-17H2,1-5H3,(H,30,36)(H,31,35)/b18-6+. The quantitative estimate of drug-likeness (QED) is 0.364. The molecular weight excluding hydrogens is 502 g/mol. The van der Waals surface area contributed by atoms with E-state index < -0.39 is 34.7 Å². The lowest BCUT2D eigenvalue weighted by Crippen LogP contribution is -2.58. The van der Waals surface area contributed by atoms with E-state index in [-0.39, 0.29) is 29.5 Å². The maximum absolute atomic E-state index is 13.7. The average Bonchev–Trinajstić information content (AvgIpc) is 3.22. The fourth-order valence-electron chi connectivity index (χ4n) is 4.41. The Kier molecular flexibility index (Phi) is 9.62. The number of phenols is 1. The molecule has 0 spiro atoms. The largest absolute Gasteiger partial charge is 0.508 e. The highest BCUT2D eigenvalue weighted by molar-refractivity contribution is 8.00. The van der Waals surface area contributed by atoms with E-state index in [9.17, 15) is 24.6 Å². The second-order valence-corrected chi connectivity index (χ2v) is 11.7. The molecule has 3 amide bonds. The monoisotopic (exact) mass is 539 g/mol. The maximum atomic E-state index is 13.7. The second-order valence-electron chi connectivity index (χ2n) is 10.1. The molecule has 3 atom stereocenters. The van der Waals surface area contributed by atoms with Crippen molar-refractivity contribution in [2.24, 2.45) is 0 Å². The molecule has 3 unspecified atom stereocenters. The molecule has 38 heavy (non-hydrogen) atoms. The van der Waals surface area contributed by atoms with Gasteiger partial charge in [0, 0.05) is 22.4 Å². The zero-order valence-electron chi connectivity index (χ0n) is 22.5. The molecule has 1 aliphatic heterocycles. The molecule has 1 heterocycles. The first-order chi connectivity index (χ1) is 18.0. The minimum absolute atomic E-state index is 0.0211. The smallest absolute Gasteiger partial charge is 0.254 e. The molecule has 2 aromatic rings. The number of hydrogen-bond acceptors (Lipinski definition) is 6. The summed E-state index contributed by atoms with van der Waals surface area (Å²) in [5, 5.41) is 27.1. The summed E-state index contributed by atoms with van der Waals surface area (Å²) in [7, 11) is 0. The Balaban J connectivity index is 1.87. The van der Waals surface area contributed by atoms with Gasteiger partial charge in [-0.15, -0.1) is 11.8 Å². The van der Waals surface area contributed by atoms with Crippen LogP contribution < -0.4 is 10.6 Å². The van der Waals surface area contributed by atoms with E-state index in [4.69, 9.17) is 0 Å². The van der Waals surface area contributed by atoms with Crippen molar-refractivity contribution < 1.29 is 24.6 Å². The van der Waals surface area contributed by atoms with Crippen molar-refractivity contribution in [3.05, 3.63) is 76.9 Å². The number of carbonyl (C=O) groups excluding carboxylic acids is 3. The topological polar surface area (TPSA) is 119 Å². The Labute approximate surface area is 228 Å². The lowest BCUT2D eigenvalue weighted by molar-refractivity contribution is -0.147. The van der Waals surface area contributed by atoms with Crippen LogP contribution in [0.4, 0.5) is 0 Å². The van der Waals surface area contributed by atoms with E-state index in [1.165, 1.54) is 22.7 Å². The SMILES string of the molecule is C/C=C(\C)CNC(=O)C1N(C(=O)C(O)C(Cc2ccccc2)NC(=O)c2cccc(O)c2C)CSC1(C)C. The van der Waals surface area contributed by atoms with Crippen molar-refractivity contribution in [2.75, 3.05) is 12.4 Å². The van der Waals surface area contributed by atoms with Crippen molar-refractivity contribution in [2.45, 2.75) is 64.0 Å². The third-order valence-electron chi connectivity index (χ3n) is 6.91. The summed E-state index contributed by atoms with van der Waals surface area (Å²) < 4.78 is -0.569. The number of aliphatic hydroxyl groups is 1. The Bertz CT molecular complexity index is 1200. The number of allylic oxidation sites excluding steroid dienone is 1. The number of aromatic hydroxyl groups is 1. The molecule has 8 nitrogen and oxygen atoms in total. The van der Waals surface area contributed by atoms with Crippen molar-refractivity contribution >= 4 is 29.5 Å². The van der Waals surface area contributed by atoms with Crippen LogP contribution in [-0.4, -0.2) is 68.2 Å². The molecule has 1 aliphatic rings. The van der Waals surface area contributed by atoms with Crippen LogP contribution in [0.15, 0.2) is 60.2 Å². The van der Waals surface area contributed by atoms with Crippen molar-refractivity contribution in [3.8, 4) is 5.75 Å². The summed E-state index contributed by atoms with van der Waals surface area (Å²) in [4.78, 5) is 41.5. The predicted molar refractivity (Wildman–Crippen MR) is 150 cm³/mol. The van der Waals surface area contributed by atoms with Gasteiger partial charge in [0.25, 0.3) is 11.8 Å². The number of amides is 3. The number of thioether (sulfide) groups is 1. The van der Waals surface area contributed by atoms with Gasteiger partial charge in [-0.1, -0.05) is 48.0 Å². The number of nitrogens with zero attached hydrogens (tertiary/aromatic N) is 1. The molecular formula is C29H37N3O5S. The number of hydrogen-bond donors (Lipinski definition) is 4. The van der Waals surface area contributed by atoms with E-state index in [2.05, 4.69) is 10.6 Å². The molecule has 0 radical (unpaired) electrons. The Morgan fingerprint density at radius 1 is 1.16 bits per heavy atom. The molecule has 1 saturated heterocycles. The number of benzene rings is 2. The molecule has 4 N–H and O–H groups in total. The van der Waals surface area contributed by atoms with Crippen molar-refractivity contribution in [3.63, 3.8) is 0 Å².